The van der Waals surface area contributed by atoms with Gasteiger partial charge in [0.2, 0.25) is 5.91 Å². The topological polar surface area (TPSA) is 63.4 Å². The molecule has 0 fully saturated rings. The Labute approximate surface area is 117 Å². The first-order valence-corrected chi connectivity index (χ1v) is 6.77. The van der Waals surface area contributed by atoms with Crippen LogP contribution in [-0.2, 0) is 0 Å². The second-order valence-electron chi connectivity index (χ2n) is 3.68. The number of rotatable bonds is 6. The number of thiol groups is 2. The summed E-state index contributed by atoms with van der Waals surface area (Å²) in [6.45, 7) is 1.09. The Bertz CT molecular complexity index is 432. The Balaban J connectivity index is 2.93. The summed E-state index contributed by atoms with van der Waals surface area (Å²) in [5.74, 6) is 0.477. The van der Waals surface area contributed by atoms with Gasteiger partial charge in [-0.05, 0) is 18.2 Å². The smallest absolute Gasteiger partial charge is 0.253 e. The number of nitrogens with two attached hydrogens (primary N) is 1. The highest BCUT2D eigenvalue weighted by molar-refractivity contribution is 7.80. The Kier molecular flexibility index (Phi) is 6.07. The van der Waals surface area contributed by atoms with Crippen LogP contribution >= 0.6 is 25.3 Å². The van der Waals surface area contributed by atoms with E-state index in [9.17, 15) is 9.59 Å². The summed E-state index contributed by atoms with van der Waals surface area (Å²) in [4.78, 5) is 24.9. The number of hydrogen-bond donors (Lipinski definition) is 3. The predicted octanol–water partition coefficient (Wildman–Crippen LogP) is 1.09. The maximum Gasteiger partial charge on any atom is 0.253 e. The van der Waals surface area contributed by atoms with Crippen LogP contribution in [0.1, 0.15) is 20.7 Å². The van der Waals surface area contributed by atoms with Crippen molar-refractivity contribution in [2.75, 3.05) is 24.6 Å². The van der Waals surface area contributed by atoms with Crippen molar-refractivity contribution in [1.29, 1.82) is 0 Å². The molecule has 0 aromatic heterocycles. The molecule has 18 heavy (non-hydrogen) atoms. The first-order valence-electron chi connectivity index (χ1n) is 5.51. The summed E-state index contributed by atoms with van der Waals surface area (Å²) < 4.78 is 0. The molecule has 2 N–H and O–H groups in total. The van der Waals surface area contributed by atoms with Crippen molar-refractivity contribution in [3.63, 3.8) is 0 Å². The zero-order valence-electron chi connectivity index (χ0n) is 9.87. The van der Waals surface area contributed by atoms with Gasteiger partial charge < -0.3 is 10.6 Å². The number of carbonyl (C=O) groups is 2. The molecule has 0 unspecified atom stereocenters. The third-order valence-corrected chi connectivity index (χ3v) is 2.82. The Morgan fingerprint density at radius 1 is 1.11 bits per heavy atom. The maximum absolute atomic E-state index is 12.2. The molecule has 0 saturated carbocycles. The van der Waals surface area contributed by atoms with Crippen LogP contribution in [0.15, 0.2) is 24.3 Å². The van der Waals surface area contributed by atoms with Gasteiger partial charge in [0.25, 0.3) is 5.91 Å². The largest absolute Gasteiger partial charge is 0.366 e. The lowest BCUT2D eigenvalue weighted by molar-refractivity contribution is 0.0776. The molecule has 1 aromatic carbocycles. The zero-order chi connectivity index (χ0) is 13.5. The summed E-state index contributed by atoms with van der Waals surface area (Å²) in [6, 6.07) is 6.40. The van der Waals surface area contributed by atoms with Gasteiger partial charge >= 0.3 is 0 Å². The van der Waals surface area contributed by atoms with Crippen molar-refractivity contribution in [3.05, 3.63) is 35.4 Å². The molecule has 1 rings (SSSR count). The van der Waals surface area contributed by atoms with Crippen LogP contribution in [0.2, 0.25) is 0 Å². The van der Waals surface area contributed by atoms with Gasteiger partial charge in [0.15, 0.2) is 0 Å². The second-order valence-corrected chi connectivity index (χ2v) is 4.58. The fourth-order valence-corrected chi connectivity index (χ4v) is 2.03. The van der Waals surface area contributed by atoms with Crippen molar-refractivity contribution < 1.29 is 9.59 Å². The first-order chi connectivity index (χ1) is 8.60. The molecule has 0 saturated heterocycles. The summed E-state index contributed by atoms with van der Waals surface area (Å²) >= 11 is 8.24. The molecule has 0 bridgehead atoms. The highest BCUT2D eigenvalue weighted by Gasteiger charge is 2.15. The number of primary amides is 1. The summed E-state index contributed by atoms with van der Waals surface area (Å²) in [5, 5.41) is 0. The average molecular weight is 284 g/mol. The molecule has 4 nitrogen and oxygen atoms in total. The van der Waals surface area contributed by atoms with E-state index in [-0.39, 0.29) is 5.91 Å². The highest BCUT2D eigenvalue weighted by Crippen LogP contribution is 2.09. The van der Waals surface area contributed by atoms with Crippen LogP contribution in [-0.4, -0.2) is 41.3 Å². The number of benzene rings is 1. The van der Waals surface area contributed by atoms with Gasteiger partial charge in [-0.25, -0.2) is 0 Å². The minimum absolute atomic E-state index is 0.138. The van der Waals surface area contributed by atoms with Crippen LogP contribution in [0.5, 0.6) is 0 Å². The van der Waals surface area contributed by atoms with Gasteiger partial charge in [-0.1, -0.05) is 6.07 Å². The third kappa shape index (κ3) is 3.96. The Morgan fingerprint density at radius 3 is 2.17 bits per heavy atom. The van der Waals surface area contributed by atoms with E-state index in [1.807, 2.05) is 0 Å². The lowest BCUT2D eigenvalue weighted by Gasteiger charge is -2.21. The normalized spacial score (nSPS) is 10.1. The maximum atomic E-state index is 12.2. The van der Waals surface area contributed by atoms with Crippen molar-refractivity contribution >= 4 is 37.1 Å². The van der Waals surface area contributed by atoms with Crippen LogP contribution in [0.25, 0.3) is 0 Å². The molecule has 2 amide bonds. The molecule has 0 aliphatic carbocycles. The van der Waals surface area contributed by atoms with E-state index in [0.717, 1.165) is 0 Å². The standard InChI is InChI=1S/C12H16N2O2S2/c13-11(15)9-2-1-3-10(8-9)12(16)14(4-6-17)5-7-18/h1-3,8,17-18H,4-7H2,(H2,13,15). The van der Waals surface area contributed by atoms with Crippen LogP contribution in [0, 0.1) is 0 Å². The molecule has 0 aliphatic rings. The fourth-order valence-electron chi connectivity index (χ4n) is 1.54. The van der Waals surface area contributed by atoms with Crippen molar-refractivity contribution in [1.82, 2.24) is 4.90 Å². The number of hydrogen-bond acceptors (Lipinski definition) is 4. The summed E-state index contributed by atoms with van der Waals surface area (Å²) in [7, 11) is 0. The van der Waals surface area contributed by atoms with E-state index in [0.29, 0.717) is 35.7 Å². The molecule has 0 spiro atoms. The lowest BCUT2D eigenvalue weighted by Crippen LogP contribution is -2.34. The van der Waals surface area contributed by atoms with Crippen LogP contribution in [0.4, 0.5) is 0 Å². The van der Waals surface area contributed by atoms with Gasteiger partial charge in [-0.15, -0.1) is 0 Å². The van der Waals surface area contributed by atoms with Crippen molar-refractivity contribution in [2.24, 2.45) is 5.73 Å². The Morgan fingerprint density at radius 2 is 1.67 bits per heavy atom. The molecule has 98 valence electrons. The second kappa shape index (κ2) is 7.33. The van der Waals surface area contributed by atoms with E-state index in [2.05, 4.69) is 25.3 Å². The first kappa shape index (κ1) is 14.9. The van der Waals surface area contributed by atoms with Crippen LogP contribution < -0.4 is 5.73 Å². The molecule has 0 heterocycles. The van der Waals surface area contributed by atoms with Gasteiger partial charge in [-0.3, -0.25) is 9.59 Å². The number of carbonyl (C=O) groups excluding carboxylic acids is 2. The molecular weight excluding hydrogens is 268 g/mol. The van der Waals surface area contributed by atoms with Gasteiger partial charge in [0.05, 0.1) is 0 Å². The zero-order valence-corrected chi connectivity index (χ0v) is 11.7. The average Bonchev–Trinajstić information content (AvgIpc) is 2.38. The van der Waals surface area contributed by atoms with Crippen molar-refractivity contribution in [3.8, 4) is 0 Å². The van der Waals surface area contributed by atoms with Crippen molar-refractivity contribution in [2.45, 2.75) is 0 Å². The molecule has 1 aromatic rings. The Hall–Kier alpha value is -1.14. The van der Waals surface area contributed by atoms with E-state index >= 15 is 0 Å². The molecular formula is C12H16N2O2S2. The summed E-state index contributed by atoms with van der Waals surface area (Å²) in [6.07, 6.45) is 0. The molecule has 0 aliphatic heterocycles. The minimum Gasteiger partial charge on any atom is -0.366 e. The SMILES string of the molecule is NC(=O)c1cccc(C(=O)N(CCS)CCS)c1. The molecule has 6 heteroatoms. The van der Waals surface area contributed by atoms with Gasteiger partial charge in [0.1, 0.15) is 0 Å². The third-order valence-electron chi connectivity index (χ3n) is 2.42. The van der Waals surface area contributed by atoms with E-state index in [4.69, 9.17) is 5.73 Å². The quantitative estimate of drug-likeness (QED) is 0.685. The van der Waals surface area contributed by atoms with E-state index < -0.39 is 5.91 Å². The van der Waals surface area contributed by atoms with E-state index in [1.54, 1.807) is 23.1 Å². The monoisotopic (exact) mass is 284 g/mol. The summed E-state index contributed by atoms with van der Waals surface area (Å²) in [5.41, 5.74) is 5.97. The van der Waals surface area contributed by atoms with E-state index in [1.165, 1.54) is 6.07 Å². The molecule has 0 atom stereocenters. The van der Waals surface area contributed by atoms with Gasteiger partial charge in [0, 0.05) is 35.7 Å². The number of nitrogens with zero attached hydrogens (tertiary/aromatic N) is 1. The van der Waals surface area contributed by atoms with Gasteiger partial charge in [-0.2, -0.15) is 25.3 Å². The molecule has 0 radical (unpaired) electrons. The number of amides is 2. The highest BCUT2D eigenvalue weighted by atomic mass is 32.1. The predicted molar refractivity (Wildman–Crippen MR) is 78.6 cm³/mol. The lowest BCUT2D eigenvalue weighted by atomic mass is 10.1. The minimum atomic E-state index is -0.542. The fraction of sp³-hybridized carbons (Fsp3) is 0.333. The van der Waals surface area contributed by atoms with Crippen LogP contribution in [0.3, 0.4) is 0 Å².